The van der Waals surface area contributed by atoms with Crippen LogP contribution < -0.4 is 5.32 Å². The maximum atomic E-state index is 13.7. The van der Waals surface area contributed by atoms with Crippen LogP contribution in [0.3, 0.4) is 0 Å². The molecule has 1 aliphatic rings. The van der Waals surface area contributed by atoms with Crippen LogP contribution in [-0.2, 0) is 20.9 Å². The molecule has 0 unspecified atom stereocenters. The Morgan fingerprint density at radius 3 is 2.53 bits per heavy atom. The summed E-state index contributed by atoms with van der Waals surface area (Å²) in [6, 6.07) is 12.8. The van der Waals surface area contributed by atoms with Crippen LogP contribution in [-0.4, -0.2) is 62.7 Å². The average Bonchev–Trinajstić information content (AvgIpc) is 3.59. The van der Waals surface area contributed by atoms with Gasteiger partial charge in [-0.3, -0.25) is 9.59 Å². The van der Waals surface area contributed by atoms with Crippen molar-refractivity contribution in [1.82, 2.24) is 30.4 Å². The van der Waals surface area contributed by atoms with Crippen molar-refractivity contribution in [1.29, 1.82) is 0 Å². The first-order valence-electron chi connectivity index (χ1n) is 13.2. The number of tetrazole rings is 1. The van der Waals surface area contributed by atoms with Crippen LogP contribution in [0.4, 0.5) is 4.39 Å². The van der Waals surface area contributed by atoms with E-state index in [1.807, 2.05) is 38.1 Å². The Hall–Kier alpha value is -3.66. The number of benzene rings is 2. The first kappa shape index (κ1) is 27.4. The molecule has 1 atom stereocenters. The van der Waals surface area contributed by atoms with Crippen molar-refractivity contribution in [3.8, 4) is 11.4 Å². The lowest BCUT2D eigenvalue weighted by Gasteiger charge is -2.32. The van der Waals surface area contributed by atoms with Gasteiger partial charge in [0.25, 0.3) is 0 Å². The molecule has 0 spiro atoms. The number of carbonyl (C=O) groups excluding carboxylic acids is 2. The molecule has 0 aliphatic heterocycles. The quantitative estimate of drug-likeness (QED) is 0.363. The van der Waals surface area contributed by atoms with Gasteiger partial charge in [0.15, 0.2) is 0 Å². The molecule has 2 aromatic carbocycles. The van der Waals surface area contributed by atoms with E-state index < -0.39 is 6.04 Å². The van der Waals surface area contributed by atoms with Crippen molar-refractivity contribution in [3.05, 3.63) is 65.5 Å². The maximum absolute atomic E-state index is 13.7. The molecule has 4 rings (SSSR count). The number of carbonyl (C=O) groups is 2. The number of hydrogen-bond donors (Lipinski definition) is 1. The summed E-state index contributed by atoms with van der Waals surface area (Å²) in [4.78, 5) is 30.2. The van der Waals surface area contributed by atoms with Crippen LogP contribution >= 0.6 is 0 Å². The highest BCUT2D eigenvalue weighted by molar-refractivity contribution is 5.89. The van der Waals surface area contributed by atoms with E-state index in [0.717, 1.165) is 36.8 Å². The van der Waals surface area contributed by atoms with E-state index >= 15 is 0 Å². The zero-order chi connectivity index (χ0) is 26.9. The second-order valence-electron chi connectivity index (χ2n) is 9.59. The van der Waals surface area contributed by atoms with Crippen molar-refractivity contribution < 1.29 is 18.7 Å². The highest BCUT2D eigenvalue weighted by Crippen LogP contribution is 2.25. The molecule has 1 saturated carbocycles. The number of rotatable bonds is 12. The first-order valence-corrected chi connectivity index (χ1v) is 13.2. The van der Waals surface area contributed by atoms with Gasteiger partial charge in [-0.15, -0.1) is 10.2 Å². The van der Waals surface area contributed by atoms with E-state index in [0.29, 0.717) is 31.7 Å². The Kier molecular flexibility index (Phi) is 9.53. The van der Waals surface area contributed by atoms with Crippen molar-refractivity contribution >= 4 is 11.8 Å². The van der Waals surface area contributed by atoms with Crippen molar-refractivity contribution in [2.45, 2.75) is 64.6 Å². The van der Waals surface area contributed by atoms with Crippen molar-refractivity contribution in [3.63, 3.8) is 0 Å². The summed E-state index contributed by atoms with van der Waals surface area (Å²) >= 11 is 0. The first-order chi connectivity index (χ1) is 18.4. The predicted molar refractivity (Wildman–Crippen MR) is 140 cm³/mol. The van der Waals surface area contributed by atoms with E-state index in [1.54, 1.807) is 17.0 Å². The predicted octanol–water partition coefficient (Wildman–Crippen LogP) is 3.84. The third-order valence-corrected chi connectivity index (χ3v) is 6.70. The van der Waals surface area contributed by atoms with Gasteiger partial charge in [0.1, 0.15) is 18.4 Å². The Labute approximate surface area is 222 Å². The van der Waals surface area contributed by atoms with Gasteiger partial charge in [-0.05, 0) is 68.2 Å². The van der Waals surface area contributed by atoms with Crippen molar-refractivity contribution in [2.24, 2.45) is 0 Å². The number of amides is 2. The molecule has 1 fully saturated rings. The van der Waals surface area contributed by atoms with E-state index in [1.165, 1.54) is 16.9 Å². The third kappa shape index (κ3) is 7.22. The van der Waals surface area contributed by atoms with Gasteiger partial charge in [-0.1, -0.05) is 42.7 Å². The Balaban J connectivity index is 1.58. The normalized spacial score (nSPS) is 14.4. The summed E-state index contributed by atoms with van der Waals surface area (Å²) in [6.07, 6.45) is 4.64. The molecular weight excluding hydrogens is 487 g/mol. The fourth-order valence-electron chi connectivity index (χ4n) is 4.69. The highest BCUT2D eigenvalue weighted by Gasteiger charge is 2.33. The molecule has 1 N–H and O–H groups in total. The van der Waals surface area contributed by atoms with Crippen LogP contribution in [0.15, 0.2) is 48.5 Å². The number of nitrogens with zero attached hydrogens (tertiary/aromatic N) is 5. The summed E-state index contributed by atoms with van der Waals surface area (Å²) in [5.41, 5.74) is 2.40. The fraction of sp³-hybridized carbons (Fsp3) is 0.464. The van der Waals surface area contributed by atoms with Gasteiger partial charge in [0, 0.05) is 31.4 Å². The Morgan fingerprint density at radius 1 is 1.13 bits per heavy atom. The molecule has 9 nitrogen and oxygen atoms in total. The van der Waals surface area contributed by atoms with Crippen LogP contribution in [0, 0.1) is 12.7 Å². The molecule has 1 aromatic heterocycles. The number of nitrogens with one attached hydrogen (secondary N) is 1. The summed E-state index contributed by atoms with van der Waals surface area (Å²) in [5, 5.41) is 15.5. The SMILES string of the molecule is CCOCCCN(C(=O)Cn1nnc(-c2ccc(F)cc2)n1)[C@H](C(=O)NC1CCCC1)c1ccc(C)cc1. The molecule has 10 heteroatoms. The fourth-order valence-corrected chi connectivity index (χ4v) is 4.69. The number of aromatic nitrogens is 4. The molecule has 3 aromatic rings. The van der Waals surface area contributed by atoms with Gasteiger partial charge in [0.05, 0.1) is 0 Å². The lowest BCUT2D eigenvalue weighted by Crippen LogP contribution is -2.47. The molecule has 1 heterocycles. The summed E-state index contributed by atoms with van der Waals surface area (Å²) in [6.45, 7) is 5.09. The zero-order valence-electron chi connectivity index (χ0n) is 22.0. The number of hydrogen-bond acceptors (Lipinski definition) is 6. The number of ether oxygens (including phenoxy) is 1. The largest absolute Gasteiger partial charge is 0.382 e. The molecule has 1 aliphatic carbocycles. The summed E-state index contributed by atoms with van der Waals surface area (Å²) in [5.74, 6) is -0.576. The minimum absolute atomic E-state index is 0.117. The topological polar surface area (TPSA) is 102 Å². The molecular formula is C28H35FN6O3. The van der Waals surface area contributed by atoms with Gasteiger partial charge in [0.2, 0.25) is 17.6 Å². The van der Waals surface area contributed by atoms with Crippen molar-refractivity contribution in [2.75, 3.05) is 19.8 Å². The van der Waals surface area contributed by atoms with Gasteiger partial charge in [-0.25, -0.2) is 4.39 Å². The summed E-state index contributed by atoms with van der Waals surface area (Å²) < 4.78 is 18.8. The van der Waals surface area contributed by atoms with Gasteiger partial charge < -0.3 is 15.0 Å². The van der Waals surface area contributed by atoms with Gasteiger partial charge in [-0.2, -0.15) is 4.80 Å². The maximum Gasteiger partial charge on any atom is 0.247 e. The molecule has 0 saturated heterocycles. The summed E-state index contributed by atoms with van der Waals surface area (Å²) in [7, 11) is 0. The Morgan fingerprint density at radius 2 is 1.84 bits per heavy atom. The van der Waals surface area contributed by atoms with E-state index in [-0.39, 0.29) is 36.0 Å². The number of halogens is 1. The molecule has 0 bridgehead atoms. The monoisotopic (exact) mass is 522 g/mol. The van der Waals surface area contributed by atoms with Crippen LogP contribution in [0.25, 0.3) is 11.4 Å². The smallest absolute Gasteiger partial charge is 0.247 e. The second-order valence-corrected chi connectivity index (χ2v) is 9.59. The molecule has 38 heavy (non-hydrogen) atoms. The van der Waals surface area contributed by atoms with E-state index in [2.05, 4.69) is 20.7 Å². The average molecular weight is 523 g/mol. The van der Waals surface area contributed by atoms with Crippen LogP contribution in [0.5, 0.6) is 0 Å². The zero-order valence-corrected chi connectivity index (χ0v) is 22.0. The van der Waals surface area contributed by atoms with Crippen LogP contribution in [0.1, 0.15) is 56.2 Å². The lowest BCUT2D eigenvalue weighted by molar-refractivity contribution is -0.142. The number of aryl methyl sites for hydroxylation is 1. The Bertz CT molecular complexity index is 1190. The molecule has 2 amide bonds. The third-order valence-electron chi connectivity index (χ3n) is 6.70. The highest BCUT2D eigenvalue weighted by atomic mass is 19.1. The minimum atomic E-state index is -0.801. The van der Waals surface area contributed by atoms with E-state index in [9.17, 15) is 14.0 Å². The molecule has 0 radical (unpaired) electrons. The van der Waals surface area contributed by atoms with Crippen LogP contribution in [0.2, 0.25) is 0 Å². The van der Waals surface area contributed by atoms with Gasteiger partial charge >= 0.3 is 0 Å². The lowest BCUT2D eigenvalue weighted by atomic mass is 10.0. The van der Waals surface area contributed by atoms with E-state index in [4.69, 9.17) is 4.74 Å². The minimum Gasteiger partial charge on any atom is -0.382 e. The molecule has 202 valence electrons. The standard InChI is InChI=1S/C28H35FN6O3/c1-3-38-18-6-17-34(25(36)19-35-32-27(31-33-35)22-13-15-23(29)16-14-22)26(21-11-9-20(2)10-12-21)28(37)30-24-7-4-5-8-24/h9-16,24,26H,3-8,17-19H2,1-2H3,(H,30,37)/t26-/m0/s1. The second kappa shape index (κ2) is 13.2.